The van der Waals surface area contributed by atoms with Crippen LogP contribution in [-0.4, -0.2) is 16.2 Å². The van der Waals surface area contributed by atoms with E-state index >= 15 is 0 Å². The summed E-state index contributed by atoms with van der Waals surface area (Å²) in [5.74, 6) is 2.12. The predicted molar refractivity (Wildman–Crippen MR) is 139 cm³/mol. The molecule has 5 aromatic rings. The van der Waals surface area contributed by atoms with Crippen molar-refractivity contribution in [3.8, 4) is 5.75 Å². The maximum atomic E-state index is 5.96. The van der Waals surface area contributed by atoms with Crippen LogP contribution in [0.5, 0.6) is 5.75 Å². The first-order valence-electron chi connectivity index (χ1n) is 12.0. The normalized spacial score (nSPS) is 11.2. The average molecular weight is 447 g/mol. The van der Waals surface area contributed by atoms with E-state index in [2.05, 4.69) is 109 Å². The average Bonchev–Trinajstić information content (AvgIpc) is 3.24. The fourth-order valence-electron chi connectivity index (χ4n) is 4.53. The summed E-state index contributed by atoms with van der Waals surface area (Å²) < 4.78 is 8.37. The van der Waals surface area contributed by atoms with Crippen LogP contribution >= 0.6 is 0 Å². The number of rotatable bonds is 9. The molecule has 0 radical (unpaired) electrons. The molecule has 0 bridgehead atoms. The summed E-state index contributed by atoms with van der Waals surface area (Å²) in [5, 5.41) is 0. The fourth-order valence-corrected chi connectivity index (χ4v) is 4.53. The Morgan fingerprint density at radius 3 is 2.00 bits per heavy atom. The molecule has 0 fully saturated rings. The van der Waals surface area contributed by atoms with Gasteiger partial charge in [0, 0.05) is 6.54 Å². The third-order valence-corrected chi connectivity index (χ3v) is 6.27. The molecular weight excluding hydrogens is 416 g/mol. The van der Waals surface area contributed by atoms with Crippen LogP contribution in [0.15, 0.2) is 109 Å². The SMILES string of the molecule is Cc1ccc(OCCCCn2c(C(c3ccccc3)c3ccccc3)nc3ccccc32)cc1. The maximum Gasteiger partial charge on any atom is 0.121 e. The van der Waals surface area contributed by atoms with Crippen molar-refractivity contribution in [1.29, 1.82) is 0 Å². The van der Waals surface area contributed by atoms with Gasteiger partial charge in [-0.05, 0) is 55.2 Å². The van der Waals surface area contributed by atoms with E-state index in [-0.39, 0.29) is 5.92 Å². The van der Waals surface area contributed by atoms with Crippen molar-refractivity contribution in [1.82, 2.24) is 9.55 Å². The third-order valence-electron chi connectivity index (χ3n) is 6.27. The molecule has 0 amide bonds. The number of imidazole rings is 1. The van der Waals surface area contributed by atoms with Crippen LogP contribution in [0.3, 0.4) is 0 Å². The van der Waals surface area contributed by atoms with Gasteiger partial charge < -0.3 is 9.30 Å². The maximum absolute atomic E-state index is 5.96. The summed E-state index contributed by atoms with van der Waals surface area (Å²) in [6.07, 6.45) is 2.01. The van der Waals surface area contributed by atoms with E-state index in [1.807, 2.05) is 12.1 Å². The number of aryl methyl sites for hydroxylation is 2. The van der Waals surface area contributed by atoms with E-state index in [0.29, 0.717) is 6.61 Å². The lowest BCUT2D eigenvalue weighted by atomic mass is 9.90. The molecule has 0 aliphatic heterocycles. The number of hydrogen-bond acceptors (Lipinski definition) is 2. The van der Waals surface area contributed by atoms with Crippen molar-refractivity contribution in [3.05, 3.63) is 132 Å². The van der Waals surface area contributed by atoms with Gasteiger partial charge in [0.15, 0.2) is 0 Å². The smallest absolute Gasteiger partial charge is 0.121 e. The van der Waals surface area contributed by atoms with Crippen molar-refractivity contribution < 1.29 is 4.74 Å². The minimum atomic E-state index is 0.0820. The lowest BCUT2D eigenvalue weighted by Crippen LogP contribution is -2.13. The Labute approximate surface area is 201 Å². The van der Waals surface area contributed by atoms with Gasteiger partial charge in [-0.1, -0.05) is 90.5 Å². The fraction of sp³-hybridized carbons (Fsp3) is 0.194. The highest BCUT2D eigenvalue weighted by Gasteiger charge is 2.23. The second kappa shape index (κ2) is 10.4. The van der Waals surface area contributed by atoms with Crippen LogP contribution in [-0.2, 0) is 6.54 Å². The number of para-hydroxylation sites is 2. The number of ether oxygens (including phenoxy) is 1. The van der Waals surface area contributed by atoms with Crippen LogP contribution in [0, 0.1) is 6.92 Å². The van der Waals surface area contributed by atoms with E-state index in [9.17, 15) is 0 Å². The Morgan fingerprint density at radius 1 is 0.706 bits per heavy atom. The summed E-state index contributed by atoms with van der Waals surface area (Å²) in [6.45, 7) is 3.71. The molecule has 0 spiro atoms. The van der Waals surface area contributed by atoms with Gasteiger partial charge in [-0.25, -0.2) is 4.98 Å². The van der Waals surface area contributed by atoms with Crippen LogP contribution in [0.1, 0.15) is 41.3 Å². The number of unbranched alkanes of at least 4 members (excludes halogenated alkanes) is 1. The Hall–Kier alpha value is -3.85. The van der Waals surface area contributed by atoms with Crippen LogP contribution in [0.2, 0.25) is 0 Å². The highest BCUT2D eigenvalue weighted by Crippen LogP contribution is 2.33. The van der Waals surface area contributed by atoms with Crippen molar-refractivity contribution in [3.63, 3.8) is 0 Å². The molecular formula is C31H30N2O. The highest BCUT2D eigenvalue weighted by atomic mass is 16.5. The van der Waals surface area contributed by atoms with Gasteiger partial charge in [0.25, 0.3) is 0 Å². The first-order valence-corrected chi connectivity index (χ1v) is 12.0. The Balaban J connectivity index is 1.41. The number of aromatic nitrogens is 2. The summed E-state index contributed by atoms with van der Waals surface area (Å²) >= 11 is 0. The molecule has 1 heterocycles. The number of benzene rings is 4. The largest absolute Gasteiger partial charge is 0.494 e. The molecule has 0 aliphatic rings. The number of hydrogen-bond donors (Lipinski definition) is 0. The van der Waals surface area contributed by atoms with Gasteiger partial charge in [0.2, 0.25) is 0 Å². The lowest BCUT2D eigenvalue weighted by Gasteiger charge is -2.20. The van der Waals surface area contributed by atoms with E-state index in [1.54, 1.807) is 0 Å². The number of nitrogens with zero attached hydrogens (tertiary/aromatic N) is 2. The molecule has 0 unspecified atom stereocenters. The molecule has 4 aromatic carbocycles. The van der Waals surface area contributed by atoms with Gasteiger partial charge in [-0.3, -0.25) is 0 Å². The summed E-state index contributed by atoms with van der Waals surface area (Å²) in [7, 11) is 0. The Kier molecular flexibility index (Phi) is 6.71. The Bertz CT molecular complexity index is 1290. The van der Waals surface area contributed by atoms with Crippen molar-refractivity contribution >= 4 is 11.0 Å². The lowest BCUT2D eigenvalue weighted by molar-refractivity contribution is 0.303. The molecule has 0 saturated heterocycles. The van der Waals surface area contributed by atoms with Gasteiger partial charge in [0.1, 0.15) is 11.6 Å². The number of fused-ring (bicyclic) bond motifs is 1. The van der Waals surface area contributed by atoms with Gasteiger partial charge >= 0.3 is 0 Å². The molecule has 0 atom stereocenters. The van der Waals surface area contributed by atoms with Gasteiger partial charge in [-0.2, -0.15) is 0 Å². The second-order valence-electron chi connectivity index (χ2n) is 8.73. The molecule has 1 aromatic heterocycles. The van der Waals surface area contributed by atoms with Crippen molar-refractivity contribution in [2.24, 2.45) is 0 Å². The molecule has 0 aliphatic carbocycles. The standard InChI is InChI=1S/C31H30N2O/c1-24-18-20-27(21-19-24)34-23-11-10-22-33-29-17-9-8-16-28(29)32-31(33)30(25-12-4-2-5-13-25)26-14-6-3-7-15-26/h2-9,12-21,30H,10-11,22-23H2,1H3. The van der Waals surface area contributed by atoms with Gasteiger partial charge in [-0.15, -0.1) is 0 Å². The zero-order valence-electron chi connectivity index (χ0n) is 19.6. The van der Waals surface area contributed by atoms with Crippen LogP contribution in [0.25, 0.3) is 11.0 Å². The van der Waals surface area contributed by atoms with E-state index in [4.69, 9.17) is 9.72 Å². The van der Waals surface area contributed by atoms with Crippen molar-refractivity contribution in [2.75, 3.05) is 6.61 Å². The first-order chi connectivity index (χ1) is 16.8. The summed E-state index contributed by atoms with van der Waals surface area (Å²) in [4.78, 5) is 5.15. The Morgan fingerprint density at radius 2 is 1.32 bits per heavy atom. The predicted octanol–water partition coefficient (Wildman–Crippen LogP) is 7.38. The van der Waals surface area contributed by atoms with Crippen LogP contribution < -0.4 is 4.74 Å². The van der Waals surface area contributed by atoms with E-state index in [0.717, 1.165) is 36.5 Å². The zero-order chi connectivity index (χ0) is 23.2. The quantitative estimate of drug-likeness (QED) is 0.221. The van der Waals surface area contributed by atoms with Crippen molar-refractivity contribution in [2.45, 2.75) is 32.2 Å². The zero-order valence-corrected chi connectivity index (χ0v) is 19.6. The minimum absolute atomic E-state index is 0.0820. The van der Waals surface area contributed by atoms with E-state index < -0.39 is 0 Å². The van der Waals surface area contributed by atoms with E-state index in [1.165, 1.54) is 22.2 Å². The van der Waals surface area contributed by atoms with Crippen LogP contribution in [0.4, 0.5) is 0 Å². The third kappa shape index (κ3) is 4.89. The molecule has 0 N–H and O–H groups in total. The molecule has 3 heteroatoms. The first kappa shape index (κ1) is 22.0. The molecule has 34 heavy (non-hydrogen) atoms. The summed E-state index contributed by atoms with van der Waals surface area (Å²) in [5.41, 5.74) is 6.00. The topological polar surface area (TPSA) is 27.1 Å². The van der Waals surface area contributed by atoms with Gasteiger partial charge in [0.05, 0.1) is 23.6 Å². The minimum Gasteiger partial charge on any atom is -0.494 e. The molecule has 0 saturated carbocycles. The molecule has 170 valence electrons. The monoisotopic (exact) mass is 446 g/mol. The summed E-state index contributed by atoms with van der Waals surface area (Å²) in [6, 6.07) is 38.1. The second-order valence-corrected chi connectivity index (χ2v) is 8.73. The molecule has 3 nitrogen and oxygen atoms in total. The molecule has 5 rings (SSSR count). The highest BCUT2D eigenvalue weighted by molar-refractivity contribution is 5.76.